The van der Waals surface area contributed by atoms with Crippen LogP contribution in [0.4, 0.5) is 5.69 Å². The summed E-state index contributed by atoms with van der Waals surface area (Å²) in [6.07, 6.45) is 7.46. The molecule has 5 nitrogen and oxygen atoms in total. The molecule has 0 N–H and O–H groups in total. The lowest BCUT2D eigenvalue weighted by molar-refractivity contribution is 0.138. The maximum absolute atomic E-state index is 5.39. The van der Waals surface area contributed by atoms with E-state index < -0.39 is 0 Å². The molecular weight excluding hydrogens is 288 g/mol. The number of ether oxygens (including phenoxy) is 1. The molecule has 0 aromatic carbocycles. The van der Waals surface area contributed by atoms with Gasteiger partial charge in [-0.2, -0.15) is 0 Å². The third kappa shape index (κ3) is 5.74. The van der Waals surface area contributed by atoms with Crippen molar-refractivity contribution in [1.82, 2.24) is 14.9 Å². The first-order valence-electron chi connectivity index (χ1n) is 9.11. The van der Waals surface area contributed by atoms with Crippen LogP contribution in [0.25, 0.3) is 0 Å². The molecule has 130 valence electrons. The Hall–Kier alpha value is -1.20. The summed E-state index contributed by atoms with van der Waals surface area (Å²) in [6.45, 7) is 13.7. The van der Waals surface area contributed by atoms with E-state index in [4.69, 9.17) is 4.74 Å². The summed E-state index contributed by atoms with van der Waals surface area (Å²) in [5.74, 6) is 1.40. The Labute approximate surface area is 141 Å². The molecule has 23 heavy (non-hydrogen) atoms. The molecule has 1 aliphatic heterocycles. The lowest BCUT2D eigenvalue weighted by atomic mass is 10.1. The highest BCUT2D eigenvalue weighted by Gasteiger charge is 2.17. The number of anilines is 1. The molecule has 5 heteroatoms. The van der Waals surface area contributed by atoms with Crippen LogP contribution in [-0.4, -0.2) is 60.8 Å². The zero-order chi connectivity index (χ0) is 16.5. The van der Waals surface area contributed by atoms with Crippen LogP contribution >= 0.6 is 0 Å². The van der Waals surface area contributed by atoms with Crippen LogP contribution in [0.2, 0.25) is 0 Å². The minimum absolute atomic E-state index is 0.442. The summed E-state index contributed by atoms with van der Waals surface area (Å²) >= 11 is 0. The number of nitrogens with zero attached hydrogens (tertiary/aromatic N) is 4. The van der Waals surface area contributed by atoms with E-state index in [1.165, 1.54) is 19.4 Å². The second kappa shape index (κ2) is 9.83. The summed E-state index contributed by atoms with van der Waals surface area (Å²) < 4.78 is 5.39. The van der Waals surface area contributed by atoms with Gasteiger partial charge >= 0.3 is 0 Å². The van der Waals surface area contributed by atoms with Gasteiger partial charge in [-0.15, -0.1) is 0 Å². The van der Waals surface area contributed by atoms with Gasteiger partial charge in [0.15, 0.2) is 0 Å². The van der Waals surface area contributed by atoms with Gasteiger partial charge < -0.3 is 9.64 Å². The van der Waals surface area contributed by atoms with E-state index in [-0.39, 0.29) is 0 Å². The lowest BCUT2D eigenvalue weighted by Gasteiger charge is -2.35. The van der Waals surface area contributed by atoms with E-state index in [0.717, 1.165) is 57.3 Å². The fraction of sp³-hybridized carbons (Fsp3) is 0.778. The maximum atomic E-state index is 5.39. The van der Waals surface area contributed by atoms with E-state index >= 15 is 0 Å². The first kappa shape index (κ1) is 18.1. The molecule has 0 bridgehead atoms. The topological polar surface area (TPSA) is 41.5 Å². The third-order valence-electron chi connectivity index (χ3n) is 4.67. The van der Waals surface area contributed by atoms with Crippen molar-refractivity contribution in [2.75, 3.05) is 50.8 Å². The van der Waals surface area contributed by atoms with Crippen LogP contribution in [0.15, 0.2) is 12.4 Å². The van der Waals surface area contributed by atoms with Gasteiger partial charge in [-0.25, -0.2) is 9.97 Å². The van der Waals surface area contributed by atoms with E-state index in [9.17, 15) is 0 Å². The van der Waals surface area contributed by atoms with E-state index in [0.29, 0.717) is 5.92 Å². The minimum atomic E-state index is 0.442. The smallest absolute Gasteiger partial charge is 0.131 e. The highest BCUT2D eigenvalue weighted by molar-refractivity contribution is 5.42. The first-order chi connectivity index (χ1) is 11.2. The quantitative estimate of drug-likeness (QED) is 0.654. The third-order valence-corrected chi connectivity index (χ3v) is 4.67. The van der Waals surface area contributed by atoms with Crippen LogP contribution in [0.5, 0.6) is 0 Å². The molecule has 0 saturated carbocycles. The predicted molar refractivity (Wildman–Crippen MR) is 95.1 cm³/mol. The zero-order valence-corrected chi connectivity index (χ0v) is 15.0. The number of rotatable bonds is 9. The van der Waals surface area contributed by atoms with Gasteiger partial charge in [-0.05, 0) is 32.7 Å². The average molecular weight is 320 g/mol. The Morgan fingerprint density at radius 1 is 1.09 bits per heavy atom. The van der Waals surface area contributed by atoms with Crippen molar-refractivity contribution in [3.05, 3.63) is 18.2 Å². The Balaban J connectivity index is 1.71. The second-order valence-corrected chi connectivity index (χ2v) is 6.34. The number of piperazine rings is 1. The zero-order valence-electron chi connectivity index (χ0n) is 15.0. The van der Waals surface area contributed by atoms with Gasteiger partial charge in [-0.1, -0.05) is 13.8 Å². The predicted octanol–water partition coefficient (Wildman–Crippen LogP) is 2.93. The molecule has 1 aromatic heterocycles. The van der Waals surface area contributed by atoms with Gasteiger partial charge in [0, 0.05) is 45.3 Å². The van der Waals surface area contributed by atoms with Crippen molar-refractivity contribution in [3.63, 3.8) is 0 Å². The minimum Gasteiger partial charge on any atom is -0.382 e. The summed E-state index contributed by atoms with van der Waals surface area (Å²) in [4.78, 5) is 14.0. The van der Waals surface area contributed by atoms with Crippen molar-refractivity contribution in [2.45, 2.75) is 46.0 Å². The molecule has 1 aromatic rings. The highest BCUT2D eigenvalue weighted by Crippen LogP contribution is 2.18. The number of hydrogen-bond acceptors (Lipinski definition) is 5. The van der Waals surface area contributed by atoms with Gasteiger partial charge in [0.2, 0.25) is 0 Å². The monoisotopic (exact) mass is 320 g/mol. The van der Waals surface area contributed by atoms with Crippen molar-refractivity contribution >= 4 is 5.69 Å². The van der Waals surface area contributed by atoms with Gasteiger partial charge in [-0.3, -0.25) is 4.90 Å². The molecule has 0 radical (unpaired) electrons. The van der Waals surface area contributed by atoms with E-state index in [2.05, 4.69) is 40.5 Å². The molecule has 1 fully saturated rings. The van der Waals surface area contributed by atoms with Crippen molar-refractivity contribution in [2.24, 2.45) is 0 Å². The maximum Gasteiger partial charge on any atom is 0.131 e. The fourth-order valence-electron chi connectivity index (χ4n) is 2.85. The van der Waals surface area contributed by atoms with Crippen molar-refractivity contribution in [3.8, 4) is 0 Å². The molecule has 0 spiro atoms. The molecule has 0 aliphatic carbocycles. The van der Waals surface area contributed by atoms with Gasteiger partial charge in [0.1, 0.15) is 5.82 Å². The van der Waals surface area contributed by atoms with Crippen LogP contribution in [0.1, 0.15) is 51.8 Å². The molecule has 1 aliphatic rings. The molecular formula is C18H32N4O. The molecule has 1 unspecified atom stereocenters. The standard InChI is InChI=1S/C18H32N4O/c1-4-16(3)18-19-14-17(15-20-18)22-11-9-21(10-12-22)8-6-7-13-23-5-2/h14-16H,4-13H2,1-3H3. The summed E-state index contributed by atoms with van der Waals surface area (Å²) in [5, 5.41) is 0. The lowest BCUT2D eigenvalue weighted by Crippen LogP contribution is -2.46. The number of hydrogen-bond donors (Lipinski definition) is 0. The van der Waals surface area contributed by atoms with Crippen LogP contribution in [-0.2, 0) is 4.74 Å². The largest absolute Gasteiger partial charge is 0.382 e. The SMILES string of the molecule is CCOCCCCN1CCN(c2cnc(C(C)CC)nc2)CC1. The summed E-state index contributed by atoms with van der Waals surface area (Å²) in [5.41, 5.74) is 1.16. The van der Waals surface area contributed by atoms with Crippen LogP contribution < -0.4 is 4.90 Å². The fourth-order valence-corrected chi connectivity index (χ4v) is 2.85. The Morgan fingerprint density at radius 2 is 1.78 bits per heavy atom. The normalized spacial score (nSPS) is 17.4. The van der Waals surface area contributed by atoms with Crippen molar-refractivity contribution < 1.29 is 4.74 Å². The number of aromatic nitrogens is 2. The van der Waals surface area contributed by atoms with E-state index in [1.807, 2.05) is 12.4 Å². The summed E-state index contributed by atoms with van der Waals surface area (Å²) in [6, 6.07) is 0. The average Bonchev–Trinajstić information content (AvgIpc) is 2.61. The molecule has 1 atom stereocenters. The first-order valence-corrected chi connectivity index (χ1v) is 9.11. The van der Waals surface area contributed by atoms with Crippen LogP contribution in [0.3, 0.4) is 0 Å². The van der Waals surface area contributed by atoms with Gasteiger partial charge in [0.05, 0.1) is 18.1 Å². The number of unbranched alkanes of at least 4 members (excludes halogenated alkanes) is 1. The Bertz CT molecular complexity index is 429. The molecule has 2 heterocycles. The highest BCUT2D eigenvalue weighted by atomic mass is 16.5. The Morgan fingerprint density at radius 3 is 2.39 bits per heavy atom. The molecule has 0 amide bonds. The summed E-state index contributed by atoms with van der Waals surface area (Å²) in [7, 11) is 0. The molecule has 2 rings (SSSR count). The second-order valence-electron chi connectivity index (χ2n) is 6.34. The van der Waals surface area contributed by atoms with E-state index in [1.54, 1.807) is 0 Å². The molecule has 1 saturated heterocycles. The van der Waals surface area contributed by atoms with Gasteiger partial charge in [0.25, 0.3) is 0 Å². The Kier molecular flexibility index (Phi) is 7.76. The van der Waals surface area contributed by atoms with Crippen LogP contribution in [0, 0.1) is 0 Å². The van der Waals surface area contributed by atoms with Crippen molar-refractivity contribution in [1.29, 1.82) is 0 Å².